The van der Waals surface area contributed by atoms with Crippen LogP contribution >= 0.6 is 0 Å². The Morgan fingerprint density at radius 3 is 2.64 bits per heavy atom. The zero-order valence-corrected chi connectivity index (χ0v) is 6.64. The lowest BCUT2D eigenvalue weighted by Gasteiger charge is -1.97. The van der Waals surface area contributed by atoms with Crippen LogP contribution in [0.4, 0.5) is 8.78 Å². The Balaban J connectivity index is 4.01. The standard InChI is InChI=1S/C8H11F2N/c1-3-4-5-6-7(11-2)8(9)10/h3,5,8H,6H2,1-2H3/b11-7+. The third-order valence-electron chi connectivity index (χ3n) is 1.13. The fraction of sp³-hybridized carbons (Fsp3) is 0.500. The molecule has 0 heterocycles. The molecule has 0 bridgehead atoms. The van der Waals surface area contributed by atoms with E-state index in [1.165, 1.54) is 13.1 Å². The molecule has 0 aromatic carbocycles. The molecule has 0 radical (unpaired) electrons. The summed E-state index contributed by atoms with van der Waals surface area (Å²) in [6, 6.07) is 0. The highest BCUT2D eigenvalue weighted by Gasteiger charge is 2.08. The second kappa shape index (κ2) is 5.81. The fourth-order valence-corrected chi connectivity index (χ4v) is 0.559. The molecule has 0 saturated heterocycles. The summed E-state index contributed by atoms with van der Waals surface area (Å²) in [5.74, 6) is 0. The molecular formula is C8H11F2N. The van der Waals surface area contributed by atoms with Gasteiger partial charge in [0.1, 0.15) is 0 Å². The molecule has 62 valence electrons. The predicted octanol–water partition coefficient (Wildman–Crippen LogP) is 2.44. The number of halogens is 2. The molecule has 0 aliphatic rings. The maximum atomic E-state index is 11.9. The van der Waals surface area contributed by atoms with Gasteiger partial charge in [0.25, 0.3) is 6.43 Å². The lowest BCUT2D eigenvalue weighted by molar-refractivity contribution is 0.223. The van der Waals surface area contributed by atoms with E-state index in [1.54, 1.807) is 13.0 Å². The van der Waals surface area contributed by atoms with Crippen LogP contribution in [0.3, 0.4) is 0 Å². The Kier molecular flexibility index (Phi) is 5.30. The first kappa shape index (κ1) is 10.0. The van der Waals surface area contributed by atoms with Gasteiger partial charge < -0.3 is 0 Å². The summed E-state index contributed by atoms with van der Waals surface area (Å²) in [5, 5.41) is 0. The number of hydrogen-bond acceptors (Lipinski definition) is 1. The summed E-state index contributed by atoms with van der Waals surface area (Å²) in [5.41, 5.74) is 2.61. The van der Waals surface area contributed by atoms with E-state index < -0.39 is 6.43 Å². The van der Waals surface area contributed by atoms with Gasteiger partial charge in [-0.3, -0.25) is 4.99 Å². The normalized spacial score (nSPS) is 11.2. The van der Waals surface area contributed by atoms with E-state index in [9.17, 15) is 8.78 Å². The van der Waals surface area contributed by atoms with Crippen molar-refractivity contribution in [3.05, 3.63) is 17.9 Å². The second-order valence-electron chi connectivity index (χ2n) is 1.88. The maximum absolute atomic E-state index is 11.9. The topological polar surface area (TPSA) is 12.4 Å². The van der Waals surface area contributed by atoms with E-state index in [0.717, 1.165) is 0 Å². The third kappa shape index (κ3) is 4.45. The average Bonchev–Trinajstić information content (AvgIpc) is 1.97. The summed E-state index contributed by atoms with van der Waals surface area (Å²) >= 11 is 0. The highest BCUT2D eigenvalue weighted by molar-refractivity contribution is 5.88. The Labute approximate surface area is 65.1 Å². The van der Waals surface area contributed by atoms with Gasteiger partial charge in [0.15, 0.2) is 0 Å². The largest absolute Gasteiger partial charge is 0.291 e. The molecule has 11 heavy (non-hydrogen) atoms. The van der Waals surface area contributed by atoms with Crippen LogP contribution in [0, 0.1) is 0 Å². The molecule has 0 unspecified atom stereocenters. The number of alkyl halides is 2. The molecule has 0 rings (SSSR count). The molecule has 0 amide bonds. The molecule has 0 aromatic heterocycles. The minimum atomic E-state index is -2.45. The summed E-state index contributed by atoms with van der Waals surface area (Å²) < 4.78 is 23.9. The molecule has 0 aliphatic heterocycles. The average molecular weight is 159 g/mol. The van der Waals surface area contributed by atoms with Crippen molar-refractivity contribution >= 4 is 5.71 Å². The van der Waals surface area contributed by atoms with Gasteiger partial charge in [0.2, 0.25) is 0 Å². The predicted molar refractivity (Wildman–Crippen MR) is 42.3 cm³/mol. The first-order chi connectivity index (χ1) is 5.22. The first-order valence-corrected chi connectivity index (χ1v) is 3.31. The van der Waals surface area contributed by atoms with Gasteiger partial charge in [-0.05, 0) is 19.1 Å². The van der Waals surface area contributed by atoms with Crippen molar-refractivity contribution in [3.63, 3.8) is 0 Å². The van der Waals surface area contributed by atoms with Crippen LogP contribution in [0.5, 0.6) is 0 Å². The van der Waals surface area contributed by atoms with Crippen molar-refractivity contribution in [2.24, 2.45) is 4.99 Å². The number of allylic oxidation sites excluding steroid dienone is 1. The van der Waals surface area contributed by atoms with Crippen LogP contribution in [-0.4, -0.2) is 19.2 Å². The van der Waals surface area contributed by atoms with Crippen molar-refractivity contribution in [3.8, 4) is 0 Å². The minimum absolute atomic E-state index is 0.0978. The Hall–Kier alpha value is -0.950. The minimum Gasteiger partial charge on any atom is -0.291 e. The lowest BCUT2D eigenvalue weighted by atomic mass is 10.2. The van der Waals surface area contributed by atoms with E-state index in [0.29, 0.717) is 0 Å². The molecular weight excluding hydrogens is 148 g/mol. The number of nitrogens with zero attached hydrogens (tertiary/aromatic N) is 1. The summed E-state index contributed by atoms with van der Waals surface area (Å²) in [6.45, 7) is 1.78. The van der Waals surface area contributed by atoms with Gasteiger partial charge in [-0.2, -0.15) is 0 Å². The van der Waals surface area contributed by atoms with E-state index in [4.69, 9.17) is 0 Å². The summed E-state index contributed by atoms with van der Waals surface area (Å²) in [6.07, 6.45) is 0.932. The summed E-state index contributed by atoms with van der Waals surface area (Å²) in [7, 11) is 1.37. The molecule has 0 aliphatic carbocycles. The monoisotopic (exact) mass is 159 g/mol. The Morgan fingerprint density at radius 1 is 1.64 bits per heavy atom. The van der Waals surface area contributed by atoms with Crippen molar-refractivity contribution in [2.75, 3.05) is 7.05 Å². The van der Waals surface area contributed by atoms with Crippen LogP contribution in [0.1, 0.15) is 13.3 Å². The van der Waals surface area contributed by atoms with E-state index in [-0.39, 0.29) is 12.1 Å². The molecule has 0 fully saturated rings. The van der Waals surface area contributed by atoms with Crippen molar-refractivity contribution < 1.29 is 8.78 Å². The van der Waals surface area contributed by atoms with Crippen LogP contribution in [0.25, 0.3) is 0 Å². The zero-order chi connectivity index (χ0) is 8.69. The molecule has 0 saturated carbocycles. The van der Waals surface area contributed by atoms with Crippen LogP contribution in [-0.2, 0) is 0 Å². The lowest BCUT2D eigenvalue weighted by Crippen LogP contribution is -2.08. The molecule has 3 heteroatoms. The van der Waals surface area contributed by atoms with Crippen molar-refractivity contribution in [1.29, 1.82) is 0 Å². The van der Waals surface area contributed by atoms with Gasteiger partial charge in [-0.25, -0.2) is 8.78 Å². The van der Waals surface area contributed by atoms with E-state index >= 15 is 0 Å². The van der Waals surface area contributed by atoms with Crippen LogP contribution in [0.2, 0.25) is 0 Å². The van der Waals surface area contributed by atoms with Gasteiger partial charge in [-0.1, -0.05) is 0 Å². The molecule has 1 nitrogen and oxygen atoms in total. The van der Waals surface area contributed by atoms with Crippen LogP contribution in [0.15, 0.2) is 22.9 Å². The van der Waals surface area contributed by atoms with E-state index in [1.807, 2.05) is 0 Å². The first-order valence-electron chi connectivity index (χ1n) is 3.31. The number of aliphatic imine (C=N–C) groups is 1. The summed E-state index contributed by atoms with van der Waals surface area (Å²) in [4.78, 5) is 3.44. The maximum Gasteiger partial charge on any atom is 0.276 e. The highest BCUT2D eigenvalue weighted by atomic mass is 19.3. The van der Waals surface area contributed by atoms with Gasteiger partial charge in [0, 0.05) is 13.5 Å². The van der Waals surface area contributed by atoms with Crippen molar-refractivity contribution in [2.45, 2.75) is 19.8 Å². The zero-order valence-electron chi connectivity index (χ0n) is 6.64. The SMILES string of the molecule is CC=C=CC/C(=N\C)C(F)F. The van der Waals surface area contributed by atoms with Gasteiger partial charge in [-0.15, -0.1) is 5.73 Å². The van der Waals surface area contributed by atoms with Crippen LogP contribution < -0.4 is 0 Å². The van der Waals surface area contributed by atoms with Crippen molar-refractivity contribution in [1.82, 2.24) is 0 Å². The molecule has 0 spiro atoms. The Bertz CT molecular complexity index is 188. The fourth-order valence-electron chi connectivity index (χ4n) is 0.559. The second-order valence-corrected chi connectivity index (χ2v) is 1.88. The molecule has 0 aromatic rings. The van der Waals surface area contributed by atoms with Gasteiger partial charge >= 0.3 is 0 Å². The Morgan fingerprint density at radius 2 is 2.27 bits per heavy atom. The number of hydrogen-bond donors (Lipinski definition) is 0. The third-order valence-corrected chi connectivity index (χ3v) is 1.13. The number of rotatable bonds is 3. The van der Waals surface area contributed by atoms with E-state index in [2.05, 4.69) is 10.7 Å². The quantitative estimate of drug-likeness (QED) is 0.443. The molecule has 0 atom stereocenters. The highest BCUT2D eigenvalue weighted by Crippen LogP contribution is 2.00. The van der Waals surface area contributed by atoms with Gasteiger partial charge in [0.05, 0.1) is 5.71 Å². The molecule has 0 N–H and O–H groups in total. The smallest absolute Gasteiger partial charge is 0.276 e.